The second-order valence-electron chi connectivity index (χ2n) is 3.88. The minimum absolute atomic E-state index is 0.0628. The highest BCUT2D eigenvalue weighted by molar-refractivity contribution is 4.98. The minimum atomic E-state index is -0.474. The Morgan fingerprint density at radius 1 is 1.45 bits per heavy atom. The molecule has 11 heavy (non-hydrogen) atoms. The Balaban J connectivity index is 2.06. The highest BCUT2D eigenvalue weighted by Crippen LogP contribution is 2.43. The summed E-state index contributed by atoms with van der Waals surface area (Å²) >= 11 is 0. The Labute approximate surface area is 67.6 Å². The molecule has 2 atom stereocenters. The summed E-state index contributed by atoms with van der Waals surface area (Å²) < 4.78 is 5.38. The van der Waals surface area contributed by atoms with E-state index in [0.717, 1.165) is 13.0 Å². The molecule has 0 bridgehead atoms. The van der Waals surface area contributed by atoms with Gasteiger partial charge < -0.3 is 9.84 Å². The van der Waals surface area contributed by atoms with Gasteiger partial charge in [-0.3, -0.25) is 0 Å². The van der Waals surface area contributed by atoms with E-state index in [1.165, 1.54) is 19.3 Å². The molecule has 2 aliphatic rings. The van der Waals surface area contributed by atoms with Gasteiger partial charge in [0, 0.05) is 13.0 Å². The molecule has 2 nitrogen and oxygen atoms in total. The zero-order chi connectivity index (χ0) is 7.90. The summed E-state index contributed by atoms with van der Waals surface area (Å²) in [7, 11) is 0. The Kier molecular flexibility index (Phi) is 1.69. The van der Waals surface area contributed by atoms with Crippen LogP contribution >= 0.6 is 0 Å². The summed E-state index contributed by atoms with van der Waals surface area (Å²) in [5.74, 6) is 0.528. The third-order valence-corrected chi connectivity index (χ3v) is 3.39. The zero-order valence-electron chi connectivity index (χ0n) is 7.05. The van der Waals surface area contributed by atoms with Crippen molar-refractivity contribution in [1.29, 1.82) is 0 Å². The summed E-state index contributed by atoms with van der Waals surface area (Å²) in [6.07, 6.45) is 4.60. The standard InChI is InChI=1S/C9H16O2/c1-7-9(10,5-6-11-7)8-3-2-4-8/h7-8,10H,2-6H2,1H3. The van der Waals surface area contributed by atoms with Gasteiger partial charge in [-0.05, 0) is 25.7 Å². The summed E-state index contributed by atoms with van der Waals surface area (Å²) in [5.41, 5.74) is -0.474. The Bertz CT molecular complexity index is 154. The lowest BCUT2D eigenvalue weighted by Gasteiger charge is -2.40. The molecule has 0 radical (unpaired) electrons. The number of hydrogen-bond acceptors (Lipinski definition) is 2. The van der Waals surface area contributed by atoms with Crippen LogP contribution in [0.15, 0.2) is 0 Å². The third kappa shape index (κ3) is 1.00. The first-order valence-corrected chi connectivity index (χ1v) is 4.57. The molecule has 1 N–H and O–H groups in total. The highest BCUT2D eigenvalue weighted by Gasteiger charge is 2.47. The molecule has 0 spiro atoms. The van der Waals surface area contributed by atoms with Gasteiger partial charge in [0.25, 0.3) is 0 Å². The second kappa shape index (κ2) is 2.46. The fraction of sp³-hybridized carbons (Fsp3) is 1.00. The summed E-state index contributed by atoms with van der Waals surface area (Å²) in [5, 5.41) is 10.2. The molecular formula is C9H16O2. The maximum Gasteiger partial charge on any atom is 0.0955 e. The van der Waals surface area contributed by atoms with E-state index in [4.69, 9.17) is 4.74 Å². The van der Waals surface area contributed by atoms with Crippen LogP contribution in [0, 0.1) is 5.92 Å². The molecule has 0 amide bonds. The zero-order valence-corrected chi connectivity index (χ0v) is 7.05. The van der Waals surface area contributed by atoms with E-state index in [1.807, 2.05) is 6.92 Å². The third-order valence-electron chi connectivity index (χ3n) is 3.39. The van der Waals surface area contributed by atoms with Crippen LogP contribution in [0.4, 0.5) is 0 Å². The molecule has 1 saturated carbocycles. The molecule has 2 heteroatoms. The van der Waals surface area contributed by atoms with Gasteiger partial charge in [0.2, 0.25) is 0 Å². The smallest absolute Gasteiger partial charge is 0.0955 e. The van der Waals surface area contributed by atoms with Crippen LogP contribution < -0.4 is 0 Å². The van der Waals surface area contributed by atoms with Crippen LogP contribution in [0.25, 0.3) is 0 Å². The lowest BCUT2D eigenvalue weighted by Crippen LogP contribution is -2.46. The first-order chi connectivity index (χ1) is 5.23. The molecule has 2 unspecified atom stereocenters. The minimum Gasteiger partial charge on any atom is -0.387 e. The quantitative estimate of drug-likeness (QED) is 0.620. The molecule has 0 aromatic heterocycles. The molecular weight excluding hydrogens is 140 g/mol. The maximum atomic E-state index is 10.2. The van der Waals surface area contributed by atoms with Crippen LogP contribution in [0.2, 0.25) is 0 Å². The van der Waals surface area contributed by atoms with E-state index >= 15 is 0 Å². The monoisotopic (exact) mass is 156 g/mol. The second-order valence-corrected chi connectivity index (χ2v) is 3.88. The van der Waals surface area contributed by atoms with Crippen molar-refractivity contribution in [3.8, 4) is 0 Å². The van der Waals surface area contributed by atoms with Gasteiger partial charge in [-0.15, -0.1) is 0 Å². The predicted octanol–water partition coefficient (Wildman–Crippen LogP) is 1.33. The molecule has 0 aromatic rings. The van der Waals surface area contributed by atoms with Gasteiger partial charge in [0.15, 0.2) is 0 Å². The van der Waals surface area contributed by atoms with Gasteiger partial charge >= 0.3 is 0 Å². The Morgan fingerprint density at radius 2 is 2.18 bits per heavy atom. The van der Waals surface area contributed by atoms with Crippen LogP contribution in [0.3, 0.4) is 0 Å². The molecule has 1 heterocycles. The first-order valence-electron chi connectivity index (χ1n) is 4.57. The largest absolute Gasteiger partial charge is 0.387 e. The van der Waals surface area contributed by atoms with E-state index in [9.17, 15) is 5.11 Å². The van der Waals surface area contributed by atoms with Crippen LogP contribution in [-0.4, -0.2) is 23.4 Å². The van der Waals surface area contributed by atoms with Gasteiger partial charge in [-0.25, -0.2) is 0 Å². The molecule has 2 fully saturated rings. The van der Waals surface area contributed by atoms with Gasteiger partial charge in [0.1, 0.15) is 0 Å². The molecule has 2 rings (SSSR count). The van der Waals surface area contributed by atoms with E-state index in [-0.39, 0.29) is 6.10 Å². The van der Waals surface area contributed by atoms with Crippen LogP contribution in [0.1, 0.15) is 32.6 Å². The van der Waals surface area contributed by atoms with E-state index in [0.29, 0.717) is 5.92 Å². The Hall–Kier alpha value is -0.0800. The molecule has 64 valence electrons. The number of hydrogen-bond donors (Lipinski definition) is 1. The summed E-state index contributed by atoms with van der Waals surface area (Å²) in [6.45, 7) is 2.74. The highest BCUT2D eigenvalue weighted by atomic mass is 16.5. The summed E-state index contributed by atoms with van der Waals surface area (Å²) in [6, 6.07) is 0. The van der Waals surface area contributed by atoms with Crippen molar-refractivity contribution in [2.75, 3.05) is 6.61 Å². The van der Waals surface area contributed by atoms with Gasteiger partial charge in [-0.1, -0.05) is 6.42 Å². The SMILES string of the molecule is CC1OCCC1(O)C1CCC1. The Morgan fingerprint density at radius 3 is 2.55 bits per heavy atom. The lowest BCUT2D eigenvalue weighted by molar-refractivity contribution is -0.0917. The molecule has 1 aliphatic carbocycles. The number of rotatable bonds is 1. The predicted molar refractivity (Wildman–Crippen MR) is 42.3 cm³/mol. The fourth-order valence-corrected chi connectivity index (χ4v) is 2.19. The first kappa shape index (κ1) is 7.56. The molecule has 1 saturated heterocycles. The molecule has 0 aromatic carbocycles. The maximum absolute atomic E-state index is 10.2. The summed E-state index contributed by atoms with van der Waals surface area (Å²) in [4.78, 5) is 0. The number of ether oxygens (including phenoxy) is 1. The molecule has 1 aliphatic heterocycles. The number of aliphatic hydroxyl groups is 1. The van der Waals surface area contributed by atoms with Crippen LogP contribution in [-0.2, 0) is 4.74 Å². The average molecular weight is 156 g/mol. The van der Waals surface area contributed by atoms with Crippen molar-refractivity contribution in [3.05, 3.63) is 0 Å². The van der Waals surface area contributed by atoms with Crippen molar-refractivity contribution in [3.63, 3.8) is 0 Å². The topological polar surface area (TPSA) is 29.5 Å². The van der Waals surface area contributed by atoms with Crippen molar-refractivity contribution >= 4 is 0 Å². The van der Waals surface area contributed by atoms with Gasteiger partial charge in [0.05, 0.1) is 11.7 Å². The van der Waals surface area contributed by atoms with Crippen LogP contribution in [0.5, 0.6) is 0 Å². The van der Waals surface area contributed by atoms with E-state index < -0.39 is 5.60 Å². The lowest BCUT2D eigenvalue weighted by atomic mass is 9.70. The van der Waals surface area contributed by atoms with Crippen molar-refractivity contribution in [2.45, 2.75) is 44.3 Å². The van der Waals surface area contributed by atoms with E-state index in [2.05, 4.69) is 0 Å². The van der Waals surface area contributed by atoms with E-state index in [1.54, 1.807) is 0 Å². The normalized spacial score (nSPS) is 45.8. The fourth-order valence-electron chi connectivity index (χ4n) is 2.19. The van der Waals surface area contributed by atoms with Crippen molar-refractivity contribution < 1.29 is 9.84 Å². The van der Waals surface area contributed by atoms with Crippen molar-refractivity contribution in [1.82, 2.24) is 0 Å². The van der Waals surface area contributed by atoms with Crippen molar-refractivity contribution in [2.24, 2.45) is 5.92 Å². The van der Waals surface area contributed by atoms with Gasteiger partial charge in [-0.2, -0.15) is 0 Å². The average Bonchev–Trinajstić information content (AvgIpc) is 2.09.